The van der Waals surface area contributed by atoms with E-state index in [2.05, 4.69) is 48.5 Å². The summed E-state index contributed by atoms with van der Waals surface area (Å²) in [6.07, 6.45) is 48.8. The van der Waals surface area contributed by atoms with Gasteiger partial charge < -0.3 is 33.8 Å². The van der Waals surface area contributed by atoms with Crippen LogP contribution in [-0.2, 0) is 65.4 Å². The maximum atomic E-state index is 13.1. The van der Waals surface area contributed by atoms with E-state index < -0.39 is 97.5 Å². The summed E-state index contributed by atoms with van der Waals surface area (Å²) in [5, 5.41) is 10.6. The van der Waals surface area contributed by atoms with Gasteiger partial charge in [0.1, 0.15) is 19.3 Å². The highest BCUT2D eigenvalue weighted by Crippen LogP contribution is 2.45. The van der Waals surface area contributed by atoms with E-state index in [0.717, 1.165) is 108 Å². The lowest BCUT2D eigenvalue weighted by Gasteiger charge is -2.21. The smallest absolute Gasteiger partial charge is 0.462 e. The molecule has 0 saturated heterocycles. The number of rotatable bonds is 71. The summed E-state index contributed by atoms with van der Waals surface area (Å²) < 4.78 is 68.3. The summed E-state index contributed by atoms with van der Waals surface area (Å²) in [5.41, 5.74) is 0. The largest absolute Gasteiger partial charge is 0.472 e. The molecule has 3 N–H and O–H groups in total. The number of phosphoric ester groups is 2. The van der Waals surface area contributed by atoms with Crippen LogP contribution < -0.4 is 0 Å². The molecule has 0 aliphatic carbocycles. The molecule has 0 rings (SSSR count). The van der Waals surface area contributed by atoms with Gasteiger partial charge in [0.25, 0.3) is 0 Å². The third kappa shape index (κ3) is 64.1. The molecular weight excluding hydrogens is 1210 g/mol. The molecule has 0 saturated carbocycles. The first-order valence-electron chi connectivity index (χ1n) is 37.9. The molecule has 0 heterocycles. The Labute approximate surface area is 562 Å². The molecule has 0 aliphatic heterocycles. The zero-order valence-electron chi connectivity index (χ0n) is 60.0. The summed E-state index contributed by atoms with van der Waals surface area (Å²) >= 11 is 0. The van der Waals surface area contributed by atoms with Crippen LogP contribution in [0.2, 0.25) is 0 Å². The number of ether oxygens (including phenoxy) is 4. The van der Waals surface area contributed by atoms with Crippen LogP contribution in [0, 0.1) is 17.8 Å². The lowest BCUT2D eigenvalue weighted by Crippen LogP contribution is -2.30. The molecule has 0 spiro atoms. The molecule has 19 heteroatoms. The van der Waals surface area contributed by atoms with E-state index >= 15 is 0 Å². The van der Waals surface area contributed by atoms with Gasteiger partial charge >= 0.3 is 39.5 Å². The van der Waals surface area contributed by atoms with Crippen LogP contribution in [0.15, 0.2) is 0 Å². The molecule has 0 aromatic carbocycles. The Bertz CT molecular complexity index is 1810. The van der Waals surface area contributed by atoms with E-state index in [0.29, 0.717) is 31.6 Å². The lowest BCUT2D eigenvalue weighted by molar-refractivity contribution is -0.161. The van der Waals surface area contributed by atoms with E-state index in [1.54, 1.807) is 0 Å². The van der Waals surface area contributed by atoms with Crippen LogP contribution in [0.3, 0.4) is 0 Å². The highest BCUT2D eigenvalue weighted by molar-refractivity contribution is 7.47. The van der Waals surface area contributed by atoms with E-state index in [9.17, 15) is 43.2 Å². The van der Waals surface area contributed by atoms with Gasteiger partial charge in [0.05, 0.1) is 26.4 Å². The molecule has 0 aromatic rings. The first-order valence-corrected chi connectivity index (χ1v) is 40.9. The van der Waals surface area contributed by atoms with Gasteiger partial charge in [0, 0.05) is 25.7 Å². The van der Waals surface area contributed by atoms with Crippen molar-refractivity contribution in [2.45, 2.75) is 388 Å². The third-order valence-electron chi connectivity index (χ3n) is 17.6. The van der Waals surface area contributed by atoms with Gasteiger partial charge in [0.2, 0.25) is 0 Å². The van der Waals surface area contributed by atoms with Crippen LogP contribution in [0.25, 0.3) is 0 Å². The second-order valence-corrected chi connectivity index (χ2v) is 30.2. The number of carbonyl (C=O) groups excluding carboxylic acids is 4. The van der Waals surface area contributed by atoms with Gasteiger partial charge in [-0.2, -0.15) is 0 Å². The van der Waals surface area contributed by atoms with Crippen molar-refractivity contribution < 1.29 is 80.2 Å². The first-order chi connectivity index (χ1) is 44.3. The predicted molar refractivity (Wildman–Crippen MR) is 372 cm³/mol. The molecule has 0 aromatic heterocycles. The quantitative estimate of drug-likeness (QED) is 0.0222. The number of esters is 4. The summed E-state index contributed by atoms with van der Waals surface area (Å²) in [7, 11) is -9.90. The van der Waals surface area contributed by atoms with Crippen molar-refractivity contribution in [3.63, 3.8) is 0 Å². The van der Waals surface area contributed by atoms with E-state index in [1.807, 2.05) is 0 Å². The molecule has 546 valence electrons. The standard InChI is InChI=1S/C73H142O17P2/c1-8-11-12-13-14-15-16-17-18-19-20-21-22-23-24-29-32-42-49-56-72(77)89-68(60-83-70(75)54-47-40-31-28-26-25-27-30-38-45-52-65(6)9-2)62-87-91(79,80)85-58-67(74)59-86-92(81,82)88-63-69(61-84-71(76)55-48-41-35-33-37-44-51-64(4)5)90-73(78)57-50-43-36-34-39-46-53-66(7)10-3/h64-69,74H,8-63H2,1-7H3,(H,79,80)(H,81,82)/t65?,66?,67-,68-,69-/m1/s1. The van der Waals surface area contributed by atoms with Crippen molar-refractivity contribution in [3.8, 4) is 0 Å². The van der Waals surface area contributed by atoms with E-state index in [-0.39, 0.29) is 25.7 Å². The fourth-order valence-electron chi connectivity index (χ4n) is 11.0. The minimum atomic E-state index is -4.96. The van der Waals surface area contributed by atoms with Crippen molar-refractivity contribution in [1.82, 2.24) is 0 Å². The monoisotopic (exact) mass is 1350 g/mol. The molecule has 0 radical (unpaired) electrons. The Morgan fingerprint density at radius 2 is 0.554 bits per heavy atom. The van der Waals surface area contributed by atoms with Crippen molar-refractivity contribution in [2.24, 2.45) is 17.8 Å². The van der Waals surface area contributed by atoms with Crippen LogP contribution in [0.4, 0.5) is 0 Å². The van der Waals surface area contributed by atoms with Crippen LogP contribution in [-0.4, -0.2) is 96.7 Å². The van der Waals surface area contributed by atoms with Gasteiger partial charge in [-0.3, -0.25) is 37.3 Å². The fraction of sp³-hybridized carbons (Fsp3) is 0.945. The zero-order chi connectivity index (χ0) is 68.0. The van der Waals surface area contributed by atoms with Gasteiger partial charge in [-0.15, -0.1) is 0 Å². The number of hydrogen-bond donors (Lipinski definition) is 3. The van der Waals surface area contributed by atoms with Crippen LogP contribution in [0.5, 0.6) is 0 Å². The summed E-state index contributed by atoms with van der Waals surface area (Å²) in [5.74, 6) is 0.0814. The van der Waals surface area contributed by atoms with Crippen molar-refractivity contribution >= 4 is 39.5 Å². The number of carbonyl (C=O) groups is 4. The molecule has 92 heavy (non-hydrogen) atoms. The van der Waals surface area contributed by atoms with Crippen molar-refractivity contribution in [2.75, 3.05) is 39.6 Å². The third-order valence-corrected chi connectivity index (χ3v) is 19.5. The number of phosphoric acid groups is 2. The average molecular weight is 1350 g/mol. The minimum Gasteiger partial charge on any atom is -0.462 e. The molecule has 0 bridgehead atoms. The van der Waals surface area contributed by atoms with Crippen LogP contribution >= 0.6 is 15.6 Å². The maximum absolute atomic E-state index is 13.1. The Morgan fingerprint density at radius 3 is 0.826 bits per heavy atom. The van der Waals surface area contributed by atoms with E-state index in [1.165, 1.54) is 173 Å². The molecule has 0 aliphatic rings. The normalized spacial score (nSPS) is 14.7. The second-order valence-electron chi connectivity index (χ2n) is 27.3. The van der Waals surface area contributed by atoms with E-state index in [4.69, 9.17) is 37.0 Å². The SMILES string of the molecule is CCCCCCCCCCCCCCCCCCCCCC(=O)O[C@H](COC(=O)CCCCCCCCCCCCC(C)CC)COP(=O)(O)OC[C@@H](O)COP(=O)(O)OC[C@@H](COC(=O)CCCCCCCCC(C)C)OC(=O)CCCCCCCCC(C)CC. The number of unbranched alkanes of at least 4 members (excludes halogenated alkanes) is 37. The summed E-state index contributed by atoms with van der Waals surface area (Å²) in [6.45, 7) is 11.8. The van der Waals surface area contributed by atoms with Crippen molar-refractivity contribution in [1.29, 1.82) is 0 Å². The predicted octanol–water partition coefficient (Wildman–Crippen LogP) is 21.0. The maximum Gasteiger partial charge on any atom is 0.472 e. The van der Waals surface area contributed by atoms with Gasteiger partial charge in [-0.05, 0) is 43.4 Å². The molecule has 4 unspecified atom stereocenters. The number of aliphatic hydroxyl groups is 1. The Kier molecular flexibility index (Phi) is 62.4. The van der Waals surface area contributed by atoms with Gasteiger partial charge in [0.15, 0.2) is 12.2 Å². The minimum absolute atomic E-state index is 0.102. The molecular formula is C73H142O17P2. The zero-order valence-corrected chi connectivity index (χ0v) is 61.8. The Balaban J connectivity index is 5.22. The highest BCUT2D eigenvalue weighted by atomic mass is 31.2. The first kappa shape index (κ1) is 90.1. The van der Waals surface area contributed by atoms with Gasteiger partial charge in [-0.1, -0.05) is 318 Å². The molecule has 7 atom stereocenters. The topological polar surface area (TPSA) is 237 Å². The Hall–Kier alpha value is -1.94. The summed E-state index contributed by atoms with van der Waals surface area (Å²) in [6, 6.07) is 0. The fourth-order valence-corrected chi connectivity index (χ4v) is 12.6. The summed E-state index contributed by atoms with van der Waals surface area (Å²) in [4.78, 5) is 72.6. The van der Waals surface area contributed by atoms with Crippen LogP contribution in [0.1, 0.15) is 370 Å². The molecule has 17 nitrogen and oxygen atoms in total. The average Bonchev–Trinajstić information content (AvgIpc) is 2.34. The number of aliphatic hydroxyl groups excluding tert-OH is 1. The van der Waals surface area contributed by atoms with Gasteiger partial charge in [-0.25, -0.2) is 9.13 Å². The molecule has 0 fully saturated rings. The van der Waals surface area contributed by atoms with Crippen molar-refractivity contribution in [3.05, 3.63) is 0 Å². The molecule has 0 amide bonds. The Morgan fingerprint density at radius 1 is 0.315 bits per heavy atom. The number of hydrogen-bond acceptors (Lipinski definition) is 15. The highest BCUT2D eigenvalue weighted by Gasteiger charge is 2.30. The lowest BCUT2D eigenvalue weighted by atomic mass is 9.99. The second kappa shape index (κ2) is 63.8.